The summed E-state index contributed by atoms with van der Waals surface area (Å²) in [7, 11) is 1.39. The summed E-state index contributed by atoms with van der Waals surface area (Å²) >= 11 is 5.98. The van der Waals surface area contributed by atoms with Crippen LogP contribution in [-0.2, 0) is 9.63 Å². The van der Waals surface area contributed by atoms with Gasteiger partial charge in [0, 0.05) is 11.1 Å². The van der Waals surface area contributed by atoms with Crippen LogP contribution in [0.5, 0.6) is 0 Å². The number of hydrogen-bond donors (Lipinski definition) is 1. The van der Waals surface area contributed by atoms with Gasteiger partial charge in [0.1, 0.15) is 0 Å². The van der Waals surface area contributed by atoms with Crippen LogP contribution in [0.25, 0.3) is 5.57 Å². The molecule has 3 nitrogen and oxygen atoms in total. The van der Waals surface area contributed by atoms with Crippen LogP contribution < -0.4 is 5.48 Å². The standard InChI is InChI=1S/C11H12ClNO2/c1-8(7-11(14)13-15-2)9-5-3-4-6-10(9)12/h3-7H,1-2H3,(H,13,14). The zero-order chi connectivity index (χ0) is 11.3. The molecule has 15 heavy (non-hydrogen) atoms. The molecule has 0 aliphatic carbocycles. The monoisotopic (exact) mass is 225 g/mol. The molecule has 0 radical (unpaired) electrons. The maximum Gasteiger partial charge on any atom is 0.267 e. The topological polar surface area (TPSA) is 38.3 Å². The number of hydroxylamine groups is 1. The SMILES string of the molecule is CONC(=O)C=C(C)c1ccccc1Cl. The highest BCUT2D eigenvalue weighted by molar-refractivity contribution is 6.32. The van der Waals surface area contributed by atoms with E-state index in [9.17, 15) is 4.79 Å². The second kappa shape index (κ2) is 5.53. The van der Waals surface area contributed by atoms with Gasteiger partial charge in [-0.1, -0.05) is 29.8 Å². The predicted octanol–water partition coefficient (Wildman–Crippen LogP) is 2.42. The highest BCUT2D eigenvalue weighted by atomic mass is 35.5. The van der Waals surface area contributed by atoms with E-state index in [0.29, 0.717) is 5.02 Å². The van der Waals surface area contributed by atoms with Crippen molar-refractivity contribution in [3.8, 4) is 0 Å². The summed E-state index contributed by atoms with van der Waals surface area (Å²) in [6.45, 7) is 1.82. The lowest BCUT2D eigenvalue weighted by Crippen LogP contribution is -2.19. The van der Waals surface area contributed by atoms with E-state index >= 15 is 0 Å². The Morgan fingerprint density at radius 2 is 2.13 bits per heavy atom. The van der Waals surface area contributed by atoms with Gasteiger partial charge in [-0.15, -0.1) is 0 Å². The number of allylic oxidation sites excluding steroid dienone is 1. The van der Waals surface area contributed by atoms with E-state index in [2.05, 4.69) is 10.3 Å². The molecule has 1 aromatic rings. The second-order valence-electron chi connectivity index (χ2n) is 2.98. The highest BCUT2D eigenvalue weighted by Crippen LogP contribution is 2.22. The molecule has 0 heterocycles. The summed E-state index contributed by atoms with van der Waals surface area (Å²) < 4.78 is 0. The lowest BCUT2D eigenvalue weighted by atomic mass is 10.1. The smallest absolute Gasteiger partial charge is 0.267 e. The fourth-order valence-electron chi connectivity index (χ4n) is 1.19. The number of nitrogens with one attached hydrogen (secondary N) is 1. The molecule has 0 saturated carbocycles. The fraction of sp³-hybridized carbons (Fsp3) is 0.182. The quantitative estimate of drug-likeness (QED) is 0.634. The zero-order valence-electron chi connectivity index (χ0n) is 8.58. The minimum Gasteiger partial charge on any atom is -0.277 e. The number of amides is 1. The first-order valence-electron chi connectivity index (χ1n) is 4.41. The molecule has 1 amide bonds. The Balaban J connectivity index is 2.89. The molecule has 0 aliphatic heterocycles. The summed E-state index contributed by atoms with van der Waals surface area (Å²) in [5, 5.41) is 0.622. The maximum atomic E-state index is 11.2. The van der Waals surface area contributed by atoms with Crippen LogP contribution in [0.4, 0.5) is 0 Å². The molecule has 0 aromatic heterocycles. The van der Waals surface area contributed by atoms with Crippen LogP contribution in [0.2, 0.25) is 5.02 Å². The van der Waals surface area contributed by atoms with Crippen LogP contribution in [0.15, 0.2) is 30.3 Å². The molecule has 0 saturated heterocycles. The Bertz CT molecular complexity index is 388. The van der Waals surface area contributed by atoms with Crippen LogP contribution in [0, 0.1) is 0 Å². The van der Waals surface area contributed by atoms with Gasteiger partial charge in [0.25, 0.3) is 5.91 Å². The number of hydrogen-bond acceptors (Lipinski definition) is 2. The van der Waals surface area contributed by atoms with E-state index in [1.54, 1.807) is 6.07 Å². The summed E-state index contributed by atoms with van der Waals surface area (Å²) in [5.74, 6) is -0.310. The zero-order valence-corrected chi connectivity index (χ0v) is 9.34. The van der Waals surface area contributed by atoms with E-state index in [0.717, 1.165) is 11.1 Å². The molecule has 1 rings (SSSR count). The van der Waals surface area contributed by atoms with E-state index in [4.69, 9.17) is 11.6 Å². The molecule has 4 heteroatoms. The number of carbonyl (C=O) groups is 1. The summed E-state index contributed by atoms with van der Waals surface area (Å²) in [6, 6.07) is 7.35. The Morgan fingerprint density at radius 3 is 2.73 bits per heavy atom. The Hall–Kier alpha value is -1.32. The van der Waals surface area contributed by atoms with Crippen LogP contribution in [0.1, 0.15) is 12.5 Å². The Morgan fingerprint density at radius 1 is 1.47 bits per heavy atom. The minimum absolute atomic E-state index is 0.310. The fourth-order valence-corrected chi connectivity index (χ4v) is 1.47. The van der Waals surface area contributed by atoms with Crippen LogP contribution in [0.3, 0.4) is 0 Å². The van der Waals surface area contributed by atoms with Gasteiger partial charge < -0.3 is 0 Å². The van der Waals surface area contributed by atoms with Gasteiger partial charge in [0.2, 0.25) is 0 Å². The van der Waals surface area contributed by atoms with E-state index in [1.165, 1.54) is 13.2 Å². The number of benzene rings is 1. The summed E-state index contributed by atoms with van der Waals surface area (Å²) in [6.07, 6.45) is 1.44. The first-order valence-corrected chi connectivity index (χ1v) is 4.79. The van der Waals surface area contributed by atoms with Crippen molar-refractivity contribution < 1.29 is 9.63 Å². The van der Waals surface area contributed by atoms with Crippen molar-refractivity contribution in [2.24, 2.45) is 0 Å². The molecule has 0 fully saturated rings. The Kier molecular flexibility index (Phi) is 4.34. The lowest BCUT2D eigenvalue weighted by molar-refractivity contribution is -0.126. The van der Waals surface area contributed by atoms with E-state index in [-0.39, 0.29) is 5.91 Å². The first-order chi connectivity index (χ1) is 7.15. The molecule has 1 N–H and O–H groups in total. The Labute approximate surface area is 93.6 Å². The number of carbonyl (C=O) groups excluding carboxylic acids is 1. The van der Waals surface area contributed by atoms with Crippen molar-refractivity contribution in [2.45, 2.75) is 6.92 Å². The van der Waals surface area contributed by atoms with E-state index < -0.39 is 0 Å². The molecular formula is C11H12ClNO2. The van der Waals surface area contributed by atoms with Crippen molar-refractivity contribution in [1.82, 2.24) is 5.48 Å². The lowest BCUT2D eigenvalue weighted by Gasteiger charge is -2.04. The molecule has 0 bridgehead atoms. The molecule has 1 aromatic carbocycles. The third-order valence-electron chi connectivity index (χ3n) is 1.85. The van der Waals surface area contributed by atoms with Gasteiger partial charge in [-0.2, -0.15) is 0 Å². The third kappa shape index (κ3) is 3.38. The largest absolute Gasteiger partial charge is 0.277 e. The third-order valence-corrected chi connectivity index (χ3v) is 2.18. The highest BCUT2D eigenvalue weighted by Gasteiger charge is 2.03. The molecule has 0 spiro atoms. The summed E-state index contributed by atoms with van der Waals surface area (Å²) in [4.78, 5) is 15.7. The summed E-state index contributed by atoms with van der Waals surface area (Å²) in [5.41, 5.74) is 3.83. The molecule has 0 aliphatic rings. The van der Waals surface area contributed by atoms with Crippen molar-refractivity contribution in [3.63, 3.8) is 0 Å². The van der Waals surface area contributed by atoms with Gasteiger partial charge in [-0.05, 0) is 24.1 Å². The first kappa shape index (κ1) is 11.8. The van der Waals surface area contributed by atoms with Gasteiger partial charge in [0.15, 0.2) is 0 Å². The molecule has 80 valence electrons. The minimum atomic E-state index is -0.310. The van der Waals surface area contributed by atoms with E-state index in [1.807, 2.05) is 25.1 Å². The van der Waals surface area contributed by atoms with Gasteiger partial charge in [-0.25, -0.2) is 5.48 Å². The number of rotatable bonds is 3. The molecule has 0 unspecified atom stereocenters. The molecular weight excluding hydrogens is 214 g/mol. The van der Waals surface area contributed by atoms with Crippen molar-refractivity contribution in [3.05, 3.63) is 40.9 Å². The second-order valence-corrected chi connectivity index (χ2v) is 3.38. The van der Waals surface area contributed by atoms with Crippen LogP contribution in [-0.4, -0.2) is 13.0 Å². The maximum absolute atomic E-state index is 11.2. The average molecular weight is 226 g/mol. The normalized spacial score (nSPS) is 11.3. The van der Waals surface area contributed by atoms with Gasteiger partial charge in [-0.3, -0.25) is 9.63 Å². The van der Waals surface area contributed by atoms with Crippen molar-refractivity contribution in [1.29, 1.82) is 0 Å². The predicted molar refractivity (Wildman–Crippen MR) is 60.3 cm³/mol. The van der Waals surface area contributed by atoms with Crippen LogP contribution >= 0.6 is 11.6 Å². The van der Waals surface area contributed by atoms with Gasteiger partial charge in [0.05, 0.1) is 7.11 Å². The van der Waals surface area contributed by atoms with Crippen molar-refractivity contribution >= 4 is 23.1 Å². The van der Waals surface area contributed by atoms with Crippen molar-refractivity contribution in [2.75, 3.05) is 7.11 Å². The van der Waals surface area contributed by atoms with Gasteiger partial charge >= 0.3 is 0 Å². The molecule has 0 atom stereocenters. The number of halogens is 1. The average Bonchev–Trinajstić information content (AvgIpc) is 2.18.